The molecule has 5 heteroatoms. The molecule has 1 aromatic carbocycles. The zero-order chi connectivity index (χ0) is 13.8. The number of rotatable bonds is 3. The van der Waals surface area contributed by atoms with E-state index in [-0.39, 0.29) is 24.0 Å². The molecule has 1 aliphatic carbocycles. The third-order valence-electron chi connectivity index (χ3n) is 3.48. The van der Waals surface area contributed by atoms with Crippen LogP contribution in [0.4, 0.5) is 0 Å². The summed E-state index contributed by atoms with van der Waals surface area (Å²) in [6.07, 6.45) is 6.52. The fourth-order valence-electron chi connectivity index (χ4n) is 2.42. The molecule has 0 amide bonds. The molecular formula is C16H20IN3O. The van der Waals surface area contributed by atoms with Crippen LogP contribution in [-0.4, -0.2) is 19.0 Å². The second-order valence-electron chi connectivity index (χ2n) is 4.96. The Morgan fingerprint density at radius 2 is 2.05 bits per heavy atom. The number of nitrogens with one attached hydrogen (secondary N) is 2. The first kappa shape index (κ1) is 15.9. The van der Waals surface area contributed by atoms with Gasteiger partial charge in [0.15, 0.2) is 5.96 Å². The van der Waals surface area contributed by atoms with Crippen LogP contribution in [0.3, 0.4) is 0 Å². The minimum Gasteiger partial charge on any atom is -0.459 e. The lowest BCUT2D eigenvalue weighted by Gasteiger charge is -2.16. The van der Waals surface area contributed by atoms with Crippen molar-refractivity contribution in [3.05, 3.63) is 48.2 Å². The first-order valence-electron chi connectivity index (χ1n) is 6.95. The van der Waals surface area contributed by atoms with Crippen molar-refractivity contribution in [1.29, 1.82) is 0 Å². The number of para-hydroxylation sites is 1. The summed E-state index contributed by atoms with van der Waals surface area (Å²) in [7, 11) is 1.79. The van der Waals surface area contributed by atoms with Crippen molar-refractivity contribution < 1.29 is 4.42 Å². The standard InChI is InChI=1S/C16H19N3O.HI/c1-17-16(19-13-7-3-4-8-13)18-11-14-10-12-6-2-5-9-15(12)20-14;/h2-6,9-10,13H,7-8,11H2,1H3,(H2,17,18,19);1H. The van der Waals surface area contributed by atoms with E-state index in [2.05, 4.69) is 39.9 Å². The second-order valence-corrected chi connectivity index (χ2v) is 4.96. The molecule has 0 unspecified atom stereocenters. The highest BCUT2D eigenvalue weighted by molar-refractivity contribution is 14.0. The van der Waals surface area contributed by atoms with Crippen LogP contribution in [0.2, 0.25) is 0 Å². The molecule has 112 valence electrons. The highest BCUT2D eigenvalue weighted by Gasteiger charge is 2.12. The summed E-state index contributed by atoms with van der Waals surface area (Å²) in [5, 5.41) is 7.83. The number of benzene rings is 1. The Morgan fingerprint density at radius 3 is 2.76 bits per heavy atom. The lowest BCUT2D eigenvalue weighted by Crippen LogP contribution is -2.42. The molecule has 4 nitrogen and oxygen atoms in total. The zero-order valence-electron chi connectivity index (χ0n) is 12.0. The van der Waals surface area contributed by atoms with E-state index >= 15 is 0 Å². The van der Waals surface area contributed by atoms with E-state index in [9.17, 15) is 0 Å². The van der Waals surface area contributed by atoms with Crippen molar-refractivity contribution in [3.8, 4) is 0 Å². The molecule has 3 rings (SSSR count). The normalized spacial score (nSPS) is 15.2. The molecule has 1 heterocycles. The molecule has 0 saturated carbocycles. The highest BCUT2D eigenvalue weighted by Crippen LogP contribution is 2.18. The molecule has 1 aliphatic rings. The van der Waals surface area contributed by atoms with E-state index in [1.54, 1.807) is 7.05 Å². The summed E-state index contributed by atoms with van der Waals surface area (Å²) >= 11 is 0. The number of guanidine groups is 1. The number of halogens is 1. The first-order valence-corrected chi connectivity index (χ1v) is 6.95. The second kappa shape index (κ2) is 7.49. The maximum absolute atomic E-state index is 5.78. The Kier molecular flexibility index (Phi) is 5.67. The SMILES string of the molecule is CN=C(NCc1cc2ccccc2o1)NC1CC=CC1.I. The molecule has 0 fully saturated rings. The van der Waals surface area contributed by atoms with Crippen molar-refractivity contribution in [2.45, 2.75) is 25.4 Å². The van der Waals surface area contributed by atoms with Gasteiger partial charge in [0.2, 0.25) is 0 Å². The highest BCUT2D eigenvalue weighted by atomic mass is 127. The van der Waals surface area contributed by atoms with Crippen LogP contribution in [0, 0.1) is 0 Å². The van der Waals surface area contributed by atoms with Gasteiger partial charge >= 0.3 is 0 Å². The summed E-state index contributed by atoms with van der Waals surface area (Å²) in [4.78, 5) is 4.25. The van der Waals surface area contributed by atoms with Crippen LogP contribution < -0.4 is 10.6 Å². The summed E-state index contributed by atoms with van der Waals surface area (Å²) in [5.74, 6) is 1.73. The maximum Gasteiger partial charge on any atom is 0.191 e. The van der Waals surface area contributed by atoms with Gasteiger partial charge in [-0.05, 0) is 25.0 Å². The molecule has 21 heavy (non-hydrogen) atoms. The van der Waals surface area contributed by atoms with E-state index in [1.807, 2.05) is 18.2 Å². The van der Waals surface area contributed by atoms with Gasteiger partial charge in [0.25, 0.3) is 0 Å². The molecule has 0 radical (unpaired) electrons. The number of aliphatic imine (C=N–C) groups is 1. The largest absolute Gasteiger partial charge is 0.459 e. The van der Waals surface area contributed by atoms with Crippen LogP contribution in [0.1, 0.15) is 18.6 Å². The topological polar surface area (TPSA) is 49.6 Å². The lowest BCUT2D eigenvalue weighted by atomic mass is 10.2. The van der Waals surface area contributed by atoms with Crippen molar-refractivity contribution in [3.63, 3.8) is 0 Å². The van der Waals surface area contributed by atoms with Gasteiger partial charge in [0.1, 0.15) is 11.3 Å². The van der Waals surface area contributed by atoms with Crippen LogP contribution in [0.15, 0.2) is 51.9 Å². The number of hydrogen-bond donors (Lipinski definition) is 2. The number of fused-ring (bicyclic) bond motifs is 1. The molecule has 2 aromatic rings. The smallest absolute Gasteiger partial charge is 0.191 e. The fourth-order valence-corrected chi connectivity index (χ4v) is 2.42. The minimum atomic E-state index is 0. The first-order chi connectivity index (χ1) is 9.85. The number of hydrogen-bond acceptors (Lipinski definition) is 2. The quantitative estimate of drug-likeness (QED) is 0.361. The third kappa shape index (κ3) is 4.00. The summed E-state index contributed by atoms with van der Waals surface area (Å²) in [6, 6.07) is 10.6. The lowest BCUT2D eigenvalue weighted by molar-refractivity contribution is 0.535. The van der Waals surface area contributed by atoms with E-state index in [0.717, 1.165) is 35.5 Å². The minimum absolute atomic E-state index is 0. The van der Waals surface area contributed by atoms with Crippen LogP contribution >= 0.6 is 24.0 Å². The van der Waals surface area contributed by atoms with Gasteiger partial charge < -0.3 is 15.1 Å². The molecule has 0 atom stereocenters. The molecule has 2 N–H and O–H groups in total. The van der Waals surface area contributed by atoms with Crippen LogP contribution in [0.25, 0.3) is 11.0 Å². The van der Waals surface area contributed by atoms with E-state index in [1.165, 1.54) is 0 Å². The monoisotopic (exact) mass is 397 g/mol. The van der Waals surface area contributed by atoms with Gasteiger partial charge in [-0.25, -0.2) is 0 Å². The molecule has 0 spiro atoms. The maximum atomic E-state index is 5.78. The Labute approximate surface area is 141 Å². The van der Waals surface area contributed by atoms with Gasteiger partial charge in [-0.15, -0.1) is 24.0 Å². The third-order valence-corrected chi connectivity index (χ3v) is 3.48. The molecular weight excluding hydrogens is 377 g/mol. The van der Waals surface area contributed by atoms with Crippen LogP contribution in [-0.2, 0) is 6.54 Å². The zero-order valence-corrected chi connectivity index (χ0v) is 14.3. The molecule has 0 bridgehead atoms. The van der Waals surface area contributed by atoms with Crippen molar-refractivity contribution in [2.75, 3.05) is 7.05 Å². The average Bonchev–Trinajstić information content (AvgIpc) is 3.12. The molecule has 0 aliphatic heterocycles. The van der Waals surface area contributed by atoms with Gasteiger partial charge in [-0.1, -0.05) is 30.4 Å². The van der Waals surface area contributed by atoms with Gasteiger partial charge in [-0.2, -0.15) is 0 Å². The summed E-state index contributed by atoms with van der Waals surface area (Å²) < 4.78 is 5.78. The van der Waals surface area contributed by atoms with Gasteiger partial charge in [0.05, 0.1) is 6.54 Å². The number of furan rings is 1. The molecule has 0 saturated heterocycles. The van der Waals surface area contributed by atoms with Crippen molar-refractivity contribution in [2.24, 2.45) is 4.99 Å². The van der Waals surface area contributed by atoms with Gasteiger partial charge in [-0.3, -0.25) is 4.99 Å². The predicted octanol–water partition coefficient (Wildman–Crippen LogP) is 3.43. The van der Waals surface area contributed by atoms with Gasteiger partial charge in [0, 0.05) is 18.5 Å². The summed E-state index contributed by atoms with van der Waals surface area (Å²) in [5.41, 5.74) is 0.923. The Hall–Kier alpha value is -1.50. The average molecular weight is 397 g/mol. The Morgan fingerprint density at radius 1 is 1.29 bits per heavy atom. The number of nitrogens with zero attached hydrogens (tertiary/aromatic N) is 1. The Balaban J connectivity index is 0.00000161. The van der Waals surface area contributed by atoms with E-state index < -0.39 is 0 Å². The van der Waals surface area contributed by atoms with E-state index in [0.29, 0.717) is 12.6 Å². The van der Waals surface area contributed by atoms with E-state index in [4.69, 9.17) is 4.42 Å². The van der Waals surface area contributed by atoms with Crippen molar-refractivity contribution in [1.82, 2.24) is 10.6 Å². The molecule has 1 aromatic heterocycles. The van der Waals surface area contributed by atoms with Crippen molar-refractivity contribution >= 4 is 40.9 Å². The predicted molar refractivity (Wildman–Crippen MR) is 97.1 cm³/mol. The Bertz CT molecular complexity index is 607. The summed E-state index contributed by atoms with van der Waals surface area (Å²) in [6.45, 7) is 0.633. The fraction of sp³-hybridized carbons (Fsp3) is 0.312. The van der Waals surface area contributed by atoms with Crippen LogP contribution in [0.5, 0.6) is 0 Å².